The standard InChI is InChI=1S/C22H24N2O3S2/c1-5-10-24-20-18(19(25)16-11-22(2,3)27-12-17(16)29-20)23-21(24)28-13-14-6-8-15(26-4)9-7-14/h5-9H,1,10-13H2,2-4H3. The number of nitrogens with zero attached hydrogens (tertiary/aromatic N) is 2. The lowest BCUT2D eigenvalue weighted by Gasteiger charge is -2.30. The van der Waals surface area contributed by atoms with Gasteiger partial charge in [0.25, 0.3) is 0 Å². The summed E-state index contributed by atoms with van der Waals surface area (Å²) in [6, 6.07) is 8.00. The summed E-state index contributed by atoms with van der Waals surface area (Å²) in [5.41, 5.74) is 2.31. The zero-order valence-electron chi connectivity index (χ0n) is 16.9. The predicted molar refractivity (Wildman–Crippen MR) is 119 cm³/mol. The average Bonchev–Trinajstić information content (AvgIpc) is 3.05. The van der Waals surface area contributed by atoms with Crippen LogP contribution >= 0.6 is 23.1 Å². The van der Waals surface area contributed by atoms with Gasteiger partial charge >= 0.3 is 0 Å². The minimum Gasteiger partial charge on any atom is -0.497 e. The van der Waals surface area contributed by atoms with Gasteiger partial charge < -0.3 is 14.0 Å². The highest BCUT2D eigenvalue weighted by Gasteiger charge is 2.30. The van der Waals surface area contributed by atoms with E-state index in [0.717, 1.165) is 31.9 Å². The normalized spacial score (nSPS) is 15.3. The van der Waals surface area contributed by atoms with Gasteiger partial charge in [0.15, 0.2) is 5.16 Å². The van der Waals surface area contributed by atoms with E-state index in [-0.39, 0.29) is 11.0 Å². The molecule has 29 heavy (non-hydrogen) atoms. The van der Waals surface area contributed by atoms with Crippen LogP contribution in [0.5, 0.6) is 5.75 Å². The third-order valence-electron chi connectivity index (χ3n) is 4.97. The highest BCUT2D eigenvalue weighted by molar-refractivity contribution is 7.98. The van der Waals surface area contributed by atoms with Crippen molar-refractivity contribution in [1.82, 2.24) is 9.55 Å². The second-order valence-corrected chi connectivity index (χ2v) is 9.67. The number of imidazole rings is 1. The number of allylic oxidation sites excluding steroid dienone is 1. The minimum absolute atomic E-state index is 0.0410. The maximum atomic E-state index is 13.2. The summed E-state index contributed by atoms with van der Waals surface area (Å²) < 4.78 is 13.2. The van der Waals surface area contributed by atoms with Gasteiger partial charge in [0.1, 0.15) is 16.1 Å². The van der Waals surface area contributed by atoms with Crippen molar-refractivity contribution in [3.05, 3.63) is 63.1 Å². The second kappa shape index (κ2) is 7.97. The largest absolute Gasteiger partial charge is 0.497 e. The summed E-state index contributed by atoms with van der Waals surface area (Å²) in [6.45, 7) is 9.02. The molecular formula is C22H24N2O3S2. The molecule has 3 aromatic rings. The number of thioether (sulfide) groups is 1. The van der Waals surface area contributed by atoms with Gasteiger partial charge in [0, 0.05) is 29.2 Å². The minimum atomic E-state index is -0.317. The van der Waals surface area contributed by atoms with Crippen LogP contribution in [0.4, 0.5) is 0 Å². The molecule has 0 atom stereocenters. The van der Waals surface area contributed by atoms with Gasteiger partial charge in [0.05, 0.1) is 19.3 Å². The van der Waals surface area contributed by atoms with Gasteiger partial charge in [-0.25, -0.2) is 4.98 Å². The van der Waals surface area contributed by atoms with Gasteiger partial charge in [-0.15, -0.1) is 17.9 Å². The Morgan fingerprint density at radius 2 is 2.14 bits per heavy atom. The number of fused-ring (bicyclic) bond motifs is 2. The van der Waals surface area contributed by atoms with Crippen LogP contribution in [-0.2, 0) is 30.1 Å². The first-order valence-corrected chi connectivity index (χ1v) is 11.3. The van der Waals surface area contributed by atoms with Crippen LogP contribution in [0.15, 0.2) is 46.9 Å². The van der Waals surface area contributed by atoms with Crippen LogP contribution in [0.25, 0.3) is 10.3 Å². The number of rotatable bonds is 6. The molecule has 1 aliphatic rings. The van der Waals surface area contributed by atoms with Crippen molar-refractivity contribution < 1.29 is 9.47 Å². The van der Waals surface area contributed by atoms with E-state index in [4.69, 9.17) is 14.5 Å². The smallest absolute Gasteiger partial charge is 0.211 e. The van der Waals surface area contributed by atoms with Crippen molar-refractivity contribution in [2.45, 2.75) is 49.9 Å². The van der Waals surface area contributed by atoms with Gasteiger partial charge in [-0.05, 0) is 31.5 Å². The number of aromatic nitrogens is 2. The molecule has 4 rings (SSSR count). The van der Waals surface area contributed by atoms with E-state index >= 15 is 0 Å². The summed E-state index contributed by atoms with van der Waals surface area (Å²) in [7, 11) is 1.66. The lowest BCUT2D eigenvalue weighted by Crippen LogP contribution is -2.34. The lowest BCUT2D eigenvalue weighted by atomic mass is 9.96. The zero-order chi connectivity index (χ0) is 20.6. The van der Waals surface area contributed by atoms with Crippen molar-refractivity contribution in [2.75, 3.05) is 7.11 Å². The summed E-state index contributed by atoms with van der Waals surface area (Å²) >= 11 is 3.25. The van der Waals surface area contributed by atoms with Crippen molar-refractivity contribution in [1.29, 1.82) is 0 Å². The Labute approximate surface area is 178 Å². The molecule has 5 nitrogen and oxygen atoms in total. The monoisotopic (exact) mass is 428 g/mol. The SMILES string of the molecule is C=CCn1c(SCc2ccc(OC)cc2)nc2c(=O)c3c(sc21)COC(C)(C)C3. The molecule has 3 heterocycles. The van der Waals surface area contributed by atoms with E-state index in [0.29, 0.717) is 25.1 Å². The number of ether oxygens (including phenoxy) is 2. The van der Waals surface area contributed by atoms with Gasteiger partial charge in [-0.2, -0.15) is 0 Å². The van der Waals surface area contributed by atoms with Crippen molar-refractivity contribution in [2.24, 2.45) is 0 Å². The van der Waals surface area contributed by atoms with Gasteiger partial charge in [-0.1, -0.05) is 30.0 Å². The fourth-order valence-electron chi connectivity index (χ4n) is 3.42. The quantitative estimate of drug-likeness (QED) is 0.417. The fraction of sp³-hybridized carbons (Fsp3) is 0.364. The Morgan fingerprint density at radius 3 is 2.83 bits per heavy atom. The highest BCUT2D eigenvalue weighted by Crippen LogP contribution is 2.34. The molecule has 0 amide bonds. The molecular weight excluding hydrogens is 404 g/mol. The van der Waals surface area contributed by atoms with Gasteiger partial charge in [0.2, 0.25) is 5.43 Å². The summed E-state index contributed by atoms with van der Waals surface area (Å²) in [5, 5.41) is 0.839. The summed E-state index contributed by atoms with van der Waals surface area (Å²) in [6.07, 6.45) is 2.46. The van der Waals surface area contributed by atoms with Crippen LogP contribution in [0.3, 0.4) is 0 Å². The molecule has 2 aromatic heterocycles. The van der Waals surface area contributed by atoms with Crippen LogP contribution < -0.4 is 10.2 Å². The second-order valence-electron chi connectivity index (χ2n) is 7.64. The zero-order valence-corrected chi connectivity index (χ0v) is 18.5. The van der Waals surface area contributed by atoms with E-state index < -0.39 is 0 Å². The molecule has 0 bridgehead atoms. The first-order chi connectivity index (χ1) is 13.9. The van der Waals surface area contributed by atoms with Crippen LogP contribution in [0.2, 0.25) is 0 Å². The topological polar surface area (TPSA) is 53.4 Å². The van der Waals surface area contributed by atoms with Crippen LogP contribution in [0.1, 0.15) is 29.9 Å². The maximum Gasteiger partial charge on any atom is 0.211 e. The Morgan fingerprint density at radius 1 is 1.38 bits per heavy atom. The molecule has 0 fully saturated rings. The van der Waals surface area contributed by atoms with Crippen molar-refractivity contribution >= 4 is 33.4 Å². The number of hydrogen-bond donors (Lipinski definition) is 0. The van der Waals surface area contributed by atoms with Crippen molar-refractivity contribution in [3.8, 4) is 5.75 Å². The Hall–Kier alpha value is -2.09. The van der Waals surface area contributed by atoms with E-state index in [2.05, 4.69) is 11.1 Å². The first-order valence-electron chi connectivity index (χ1n) is 9.47. The third kappa shape index (κ3) is 3.99. The van der Waals surface area contributed by atoms with Crippen LogP contribution in [0, 0.1) is 0 Å². The molecule has 0 saturated carbocycles. The molecule has 7 heteroatoms. The van der Waals surface area contributed by atoms with E-state index in [1.54, 1.807) is 30.2 Å². The predicted octanol–water partition coefficient (Wildman–Crippen LogP) is 4.80. The molecule has 0 saturated heterocycles. The van der Waals surface area contributed by atoms with Gasteiger partial charge in [-0.3, -0.25) is 4.79 Å². The molecule has 0 unspecified atom stereocenters. The lowest BCUT2D eigenvalue weighted by molar-refractivity contribution is -0.0386. The Kier molecular flexibility index (Phi) is 5.55. The van der Waals surface area contributed by atoms with E-state index in [1.807, 2.05) is 44.2 Å². The maximum absolute atomic E-state index is 13.2. The number of hydrogen-bond acceptors (Lipinski definition) is 6. The molecule has 0 aliphatic carbocycles. The number of methoxy groups -OCH3 is 1. The van der Waals surface area contributed by atoms with Crippen molar-refractivity contribution in [3.63, 3.8) is 0 Å². The molecule has 1 aromatic carbocycles. The molecule has 1 aliphatic heterocycles. The average molecular weight is 429 g/mol. The molecule has 152 valence electrons. The molecule has 0 radical (unpaired) electrons. The Bertz CT molecular complexity index is 1110. The summed E-state index contributed by atoms with van der Waals surface area (Å²) in [5.74, 6) is 1.60. The fourth-order valence-corrected chi connectivity index (χ4v) is 5.59. The molecule has 0 spiro atoms. The van der Waals surface area contributed by atoms with E-state index in [9.17, 15) is 4.79 Å². The highest BCUT2D eigenvalue weighted by atomic mass is 32.2. The summed E-state index contributed by atoms with van der Waals surface area (Å²) in [4.78, 5) is 19.9. The molecule has 0 N–H and O–H groups in total. The first kappa shape index (κ1) is 20.2. The third-order valence-corrected chi connectivity index (χ3v) is 7.23. The number of benzene rings is 1. The Balaban J connectivity index is 1.71. The van der Waals surface area contributed by atoms with E-state index in [1.165, 1.54) is 5.56 Å². The van der Waals surface area contributed by atoms with Crippen LogP contribution in [-0.4, -0.2) is 22.3 Å².